The fraction of sp³-hybridized carbons (Fsp3) is 0.417. The fourth-order valence-corrected chi connectivity index (χ4v) is 1.57. The highest BCUT2D eigenvalue weighted by Gasteiger charge is 2.07. The lowest BCUT2D eigenvalue weighted by molar-refractivity contribution is 0.585. The summed E-state index contributed by atoms with van der Waals surface area (Å²) in [6, 6.07) is 2.46. The molecule has 0 aliphatic rings. The number of rotatable bonds is 4. The lowest BCUT2D eigenvalue weighted by Gasteiger charge is -2.12. The zero-order valence-electron chi connectivity index (χ0n) is 10.4. The van der Waals surface area contributed by atoms with Crippen molar-refractivity contribution in [2.45, 2.75) is 33.4 Å². The molecule has 1 N–H and O–H groups in total. The van der Waals surface area contributed by atoms with Crippen LogP contribution in [0.4, 0.5) is 0 Å². The van der Waals surface area contributed by atoms with Crippen molar-refractivity contribution in [3.05, 3.63) is 36.2 Å². The SMILES string of the molecule is Cc1cc(-n2cncn2)c(CNC(C)C)cn1. The Kier molecular flexibility index (Phi) is 3.49. The van der Waals surface area contributed by atoms with Gasteiger partial charge in [0.1, 0.15) is 12.7 Å². The van der Waals surface area contributed by atoms with E-state index in [1.54, 1.807) is 11.0 Å². The molecule has 0 saturated carbocycles. The zero-order chi connectivity index (χ0) is 12.3. The summed E-state index contributed by atoms with van der Waals surface area (Å²) in [5, 5.41) is 7.55. The highest BCUT2D eigenvalue weighted by atomic mass is 15.3. The third-order valence-electron chi connectivity index (χ3n) is 2.46. The molecule has 2 aromatic heterocycles. The van der Waals surface area contributed by atoms with Gasteiger partial charge >= 0.3 is 0 Å². The van der Waals surface area contributed by atoms with Crippen LogP contribution in [0, 0.1) is 6.92 Å². The Bertz CT molecular complexity index is 476. The molecular weight excluding hydrogens is 214 g/mol. The molecule has 0 amide bonds. The first kappa shape index (κ1) is 11.7. The first-order valence-electron chi connectivity index (χ1n) is 5.70. The van der Waals surface area contributed by atoms with E-state index in [1.807, 2.05) is 19.2 Å². The lowest BCUT2D eigenvalue weighted by Crippen LogP contribution is -2.23. The molecule has 5 nitrogen and oxygen atoms in total. The number of aryl methyl sites for hydroxylation is 1. The minimum atomic E-state index is 0.444. The molecule has 0 unspecified atom stereocenters. The summed E-state index contributed by atoms with van der Waals surface area (Å²) in [4.78, 5) is 8.30. The van der Waals surface area contributed by atoms with Crippen LogP contribution in [-0.2, 0) is 6.54 Å². The van der Waals surface area contributed by atoms with Crippen LogP contribution in [0.3, 0.4) is 0 Å². The van der Waals surface area contributed by atoms with Gasteiger partial charge in [-0.25, -0.2) is 9.67 Å². The third kappa shape index (κ3) is 2.88. The minimum Gasteiger partial charge on any atom is -0.310 e. The Morgan fingerprint density at radius 1 is 1.41 bits per heavy atom. The molecule has 0 atom stereocenters. The van der Waals surface area contributed by atoms with Crippen molar-refractivity contribution in [3.8, 4) is 5.69 Å². The quantitative estimate of drug-likeness (QED) is 0.865. The fourth-order valence-electron chi connectivity index (χ4n) is 1.57. The van der Waals surface area contributed by atoms with Gasteiger partial charge in [0.25, 0.3) is 0 Å². The van der Waals surface area contributed by atoms with Crippen molar-refractivity contribution < 1.29 is 0 Å². The Hall–Kier alpha value is -1.75. The van der Waals surface area contributed by atoms with Gasteiger partial charge in [-0.1, -0.05) is 13.8 Å². The summed E-state index contributed by atoms with van der Waals surface area (Å²) < 4.78 is 1.77. The van der Waals surface area contributed by atoms with E-state index in [9.17, 15) is 0 Å². The summed E-state index contributed by atoms with van der Waals surface area (Å²) in [5.74, 6) is 0. The van der Waals surface area contributed by atoms with E-state index in [0.29, 0.717) is 6.04 Å². The molecule has 0 spiro atoms. The van der Waals surface area contributed by atoms with Gasteiger partial charge in [-0.2, -0.15) is 5.10 Å². The highest BCUT2D eigenvalue weighted by molar-refractivity contribution is 5.39. The number of hydrogen-bond acceptors (Lipinski definition) is 4. The Balaban J connectivity index is 2.31. The maximum Gasteiger partial charge on any atom is 0.138 e. The molecule has 0 fully saturated rings. The molecule has 0 bridgehead atoms. The second-order valence-electron chi connectivity index (χ2n) is 4.33. The van der Waals surface area contributed by atoms with Crippen LogP contribution in [0.5, 0.6) is 0 Å². The second-order valence-corrected chi connectivity index (χ2v) is 4.33. The van der Waals surface area contributed by atoms with E-state index in [2.05, 4.69) is 34.2 Å². The molecular formula is C12H17N5. The van der Waals surface area contributed by atoms with E-state index >= 15 is 0 Å². The monoisotopic (exact) mass is 231 g/mol. The number of pyridine rings is 1. The van der Waals surface area contributed by atoms with Crippen molar-refractivity contribution in [3.63, 3.8) is 0 Å². The molecule has 2 heterocycles. The molecule has 2 rings (SSSR count). The second kappa shape index (κ2) is 5.05. The topological polar surface area (TPSA) is 55.6 Å². The Morgan fingerprint density at radius 3 is 2.88 bits per heavy atom. The Labute approximate surface area is 101 Å². The first-order valence-corrected chi connectivity index (χ1v) is 5.70. The summed E-state index contributed by atoms with van der Waals surface area (Å²) in [6.07, 6.45) is 5.13. The van der Waals surface area contributed by atoms with Gasteiger partial charge in [0, 0.05) is 30.0 Å². The molecule has 2 aromatic rings. The molecule has 0 saturated heterocycles. The molecule has 0 aliphatic carbocycles. The lowest BCUT2D eigenvalue weighted by atomic mass is 10.2. The Morgan fingerprint density at radius 2 is 2.24 bits per heavy atom. The van der Waals surface area contributed by atoms with Crippen LogP contribution in [-0.4, -0.2) is 25.8 Å². The van der Waals surface area contributed by atoms with E-state index in [1.165, 1.54) is 6.33 Å². The summed E-state index contributed by atoms with van der Waals surface area (Å²) in [6.45, 7) is 6.99. The van der Waals surface area contributed by atoms with Crippen molar-refractivity contribution >= 4 is 0 Å². The molecule has 0 aromatic carbocycles. The molecule has 5 heteroatoms. The average molecular weight is 231 g/mol. The van der Waals surface area contributed by atoms with Crippen molar-refractivity contribution in [2.24, 2.45) is 0 Å². The number of nitrogens with zero attached hydrogens (tertiary/aromatic N) is 4. The largest absolute Gasteiger partial charge is 0.310 e. The van der Waals surface area contributed by atoms with Crippen LogP contribution in [0.2, 0.25) is 0 Å². The molecule has 17 heavy (non-hydrogen) atoms. The predicted molar refractivity (Wildman–Crippen MR) is 65.9 cm³/mol. The van der Waals surface area contributed by atoms with E-state index in [4.69, 9.17) is 0 Å². The van der Waals surface area contributed by atoms with Gasteiger partial charge in [0.15, 0.2) is 0 Å². The van der Waals surface area contributed by atoms with Gasteiger partial charge in [-0.15, -0.1) is 0 Å². The van der Waals surface area contributed by atoms with E-state index in [-0.39, 0.29) is 0 Å². The number of aromatic nitrogens is 4. The van der Waals surface area contributed by atoms with Crippen LogP contribution < -0.4 is 5.32 Å². The highest BCUT2D eigenvalue weighted by Crippen LogP contribution is 2.13. The van der Waals surface area contributed by atoms with Gasteiger partial charge in [0.05, 0.1) is 5.69 Å². The predicted octanol–water partition coefficient (Wildman–Crippen LogP) is 1.47. The van der Waals surface area contributed by atoms with Gasteiger partial charge in [0.2, 0.25) is 0 Å². The first-order chi connectivity index (χ1) is 8.16. The zero-order valence-corrected chi connectivity index (χ0v) is 10.4. The standard InChI is InChI=1S/C12H17N5/c1-9(2)14-5-11-6-15-10(3)4-12(11)17-8-13-7-16-17/h4,6-9,14H,5H2,1-3H3. The summed E-state index contributed by atoms with van der Waals surface area (Å²) >= 11 is 0. The van der Waals surface area contributed by atoms with Gasteiger partial charge < -0.3 is 5.32 Å². The van der Waals surface area contributed by atoms with Crippen LogP contribution in [0.25, 0.3) is 5.69 Å². The number of hydrogen-bond donors (Lipinski definition) is 1. The van der Waals surface area contributed by atoms with Gasteiger partial charge in [-0.3, -0.25) is 4.98 Å². The van der Waals surface area contributed by atoms with Crippen molar-refractivity contribution in [2.75, 3.05) is 0 Å². The maximum absolute atomic E-state index is 4.33. The molecule has 0 radical (unpaired) electrons. The van der Waals surface area contributed by atoms with Crippen LogP contribution in [0.1, 0.15) is 25.1 Å². The van der Waals surface area contributed by atoms with Crippen molar-refractivity contribution in [1.82, 2.24) is 25.1 Å². The van der Waals surface area contributed by atoms with Crippen LogP contribution in [0.15, 0.2) is 24.9 Å². The van der Waals surface area contributed by atoms with Crippen molar-refractivity contribution in [1.29, 1.82) is 0 Å². The third-order valence-corrected chi connectivity index (χ3v) is 2.46. The average Bonchev–Trinajstić information content (AvgIpc) is 2.80. The molecule has 0 aliphatic heterocycles. The minimum absolute atomic E-state index is 0.444. The summed E-state index contributed by atoms with van der Waals surface area (Å²) in [5.41, 5.74) is 3.13. The summed E-state index contributed by atoms with van der Waals surface area (Å²) in [7, 11) is 0. The van der Waals surface area contributed by atoms with E-state index in [0.717, 1.165) is 23.5 Å². The van der Waals surface area contributed by atoms with Gasteiger partial charge in [-0.05, 0) is 13.0 Å². The molecule has 90 valence electrons. The maximum atomic E-state index is 4.33. The smallest absolute Gasteiger partial charge is 0.138 e. The van der Waals surface area contributed by atoms with E-state index < -0.39 is 0 Å². The normalized spacial score (nSPS) is 11.1. The number of nitrogens with one attached hydrogen (secondary N) is 1. The van der Waals surface area contributed by atoms with Crippen LogP contribution >= 0.6 is 0 Å².